The van der Waals surface area contributed by atoms with Crippen LogP contribution in [0.2, 0.25) is 0 Å². The molecule has 0 radical (unpaired) electrons. The smallest absolute Gasteiger partial charge is 0.296 e. The zero-order valence-electron chi connectivity index (χ0n) is 31.0. The van der Waals surface area contributed by atoms with Crippen molar-refractivity contribution in [2.75, 3.05) is 11.5 Å². The molecule has 0 aromatic heterocycles. The third-order valence-electron chi connectivity index (χ3n) is 9.34. The quantitative estimate of drug-likeness (QED) is 0.0365. The first kappa shape index (κ1) is 42.8. The van der Waals surface area contributed by atoms with Crippen LogP contribution in [0.1, 0.15) is 29.9 Å². The minimum Gasteiger partial charge on any atom is -0.505 e. The van der Waals surface area contributed by atoms with Crippen LogP contribution in [0.5, 0.6) is 5.75 Å². The molecule has 6 aromatic rings. The van der Waals surface area contributed by atoms with Crippen molar-refractivity contribution >= 4 is 108 Å². The van der Waals surface area contributed by atoms with Crippen LogP contribution in [0, 0.1) is 6.92 Å². The molecule has 25 heteroatoms. The highest BCUT2D eigenvalue weighted by molar-refractivity contribution is 7.86. The number of hydrogen-bond acceptors (Lipinski definition) is 17. The average molecular weight is 911 g/mol. The maximum atomic E-state index is 12.5. The summed E-state index contributed by atoms with van der Waals surface area (Å²) in [5.74, 6) is -1.06. The van der Waals surface area contributed by atoms with Gasteiger partial charge in [-0.05, 0) is 126 Å². The van der Waals surface area contributed by atoms with E-state index in [2.05, 4.69) is 30.7 Å². The van der Waals surface area contributed by atoms with Gasteiger partial charge in [0.1, 0.15) is 21.2 Å². The van der Waals surface area contributed by atoms with Gasteiger partial charge >= 0.3 is 0 Å². The van der Waals surface area contributed by atoms with E-state index in [0.29, 0.717) is 40.7 Å². The average Bonchev–Trinajstić information content (AvgIpc) is 4.00. The Hall–Kier alpha value is -6.32. The van der Waals surface area contributed by atoms with E-state index in [-0.39, 0.29) is 50.5 Å². The van der Waals surface area contributed by atoms with E-state index in [1.54, 1.807) is 6.92 Å². The predicted octanol–water partition coefficient (Wildman–Crippen LogP) is 8.28. The number of phenols is 1. The highest BCUT2D eigenvalue weighted by Gasteiger charge is 2.34. The molecule has 0 aliphatic heterocycles. The number of aryl methyl sites for hydroxylation is 1. The summed E-state index contributed by atoms with van der Waals surface area (Å²) in [5.41, 5.74) is 12.8. The van der Waals surface area contributed by atoms with Crippen molar-refractivity contribution in [2.24, 2.45) is 30.7 Å². The van der Waals surface area contributed by atoms with Gasteiger partial charge in [0.25, 0.3) is 40.5 Å². The molecule has 0 atom stereocenters. The van der Waals surface area contributed by atoms with Crippen LogP contribution < -0.4 is 11.5 Å². The lowest BCUT2D eigenvalue weighted by Gasteiger charge is -2.15. The maximum absolute atomic E-state index is 12.5. The second-order valence-electron chi connectivity index (χ2n) is 13.7. The molecular formula is C36H30N8O13S4. The molecule has 9 N–H and O–H groups in total. The van der Waals surface area contributed by atoms with Gasteiger partial charge in [0.05, 0.1) is 32.5 Å². The fourth-order valence-electron chi connectivity index (χ4n) is 6.42. The molecule has 0 amide bonds. The van der Waals surface area contributed by atoms with Gasteiger partial charge in [-0.15, -0.1) is 10.2 Å². The van der Waals surface area contributed by atoms with Gasteiger partial charge in [0.15, 0.2) is 5.75 Å². The minimum atomic E-state index is -5.07. The molecule has 0 unspecified atom stereocenters. The van der Waals surface area contributed by atoms with Crippen molar-refractivity contribution in [2.45, 2.75) is 45.3 Å². The zero-order chi connectivity index (χ0) is 44.4. The molecule has 0 heterocycles. The molecule has 1 fully saturated rings. The third-order valence-corrected chi connectivity index (χ3v) is 12.7. The van der Waals surface area contributed by atoms with Crippen LogP contribution in [0.15, 0.2) is 129 Å². The second-order valence-corrected chi connectivity index (χ2v) is 19.3. The lowest BCUT2D eigenvalue weighted by molar-refractivity contribution is 0.472. The summed E-state index contributed by atoms with van der Waals surface area (Å²) in [6.45, 7) is 1.66. The normalized spacial score (nSPS) is 14.3. The van der Waals surface area contributed by atoms with Crippen LogP contribution >= 0.6 is 0 Å². The number of azo groups is 3. The summed E-state index contributed by atoms with van der Waals surface area (Å²) < 4.78 is 136. The lowest BCUT2D eigenvalue weighted by Crippen LogP contribution is -2.04. The Balaban J connectivity index is 1.14. The van der Waals surface area contributed by atoms with Crippen molar-refractivity contribution in [3.8, 4) is 5.75 Å². The summed E-state index contributed by atoms with van der Waals surface area (Å²) in [5, 5.41) is 35.5. The summed E-state index contributed by atoms with van der Waals surface area (Å²) in [6.07, 6.45) is 1.27. The number of nitrogen functional groups attached to an aromatic ring is 2. The number of benzene rings is 6. The minimum absolute atomic E-state index is 0.0505. The molecule has 0 saturated heterocycles. The van der Waals surface area contributed by atoms with E-state index in [9.17, 15) is 57.0 Å². The van der Waals surface area contributed by atoms with Crippen molar-refractivity contribution in [1.29, 1.82) is 0 Å². The predicted molar refractivity (Wildman–Crippen MR) is 220 cm³/mol. The number of phenolic OH excluding ortho intramolecular Hbond substituents is 1. The molecule has 0 bridgehead atoms. The lowest BCUT2D eigenvalue weighted by atomic mass is 9.97. The summed E-state index contributed by atoms with van der Waals surface area (Å²) in [7, 11) is -19.5. The fraction of sp³-hybridized carbons (Fsp3) is 0.111. The second kappa shape index (κ2) is 15.3. The van der Waals surface area contributed by atoms with Gasteiger partial charge in [-0.3, -0.25) is 18.2 Å². The number of fused-ring (bicyclic) bond motifs is 2. The first-order valence-corrected chi connectivity index (χ1v) is 23.0. The number of nitrogens with zero attached hydrogens (tertiary/aromatic N) is 6. The van der Waals surface area contributed by atoms with Crippen molar-refractivity contribution in [1.82, 2.24) is 0 Å². The molecule has 1 saturated carbocycles. The van der Waals surface area contributed by atoms with Gasteiger partial charge < -0.3 is 16.6 Å². The summed E-state index contributed by atoms with van der Waals surface area (Å²) >= 11 is 0. The van der Waals surface area contributed by atoms with Crippen LogP contribution in [0.3, 0.4) is 0 Å². The molecule has 21 nitrogen and oxygen atoms in total. The number of nitrogens with two attached hydrogens (primary N) is 2. The van der Waals surface area contributed by atoms with Gasteiger partial charge in [-0.2, -0.15) is 54.1 Å². The molecule has 61 heavy (non-hydrogen) atoms. The van der Waals surface area contributed by atoms with E-state index in [4.69, 9.17) is 11.5 Å². The van der Waals surface area contributed by atoms with Crippen LogP contribution in [0.25, 0.3) is 21.5 Å². The van der Waals surface area contributed by atoms with Gasteiger partial charge in [0.2, 0.25) is 0 Å². The number of hydrogen-bond donors (Lipinski definition) is 7. The molecule has 316 valence electrons. The highest BCUT2D eigenvalue weighted by atomic mass is 32.2. The van der Waals surface area contributed by atoms with Crippen molar-refractivity contribution in [3.63, 3.8) is 0 Å². The van der Waals surface area contributed by atoms with E-state index in [1.807, 2.05) is 0 Å². The van der Waals surface area contributed by atoms with Crippen LogP contribution in [-0.2, 0) is 40.5 Å². The van der Waals surface area contributed by atoms with E-state index < -0.39 is 71.5 Å². The Morgan fingerprint density at radius 2 is 0.967 bits per heavy atom. The third kappa shape index (κ3) is 8.93. The molecule has 7 rings (SSSR count). The van der Waals surface area contributed by atoms with Gasteiger partial charge in [-0.1, -0.05) is 0 Å². The van der Waals surface area contributed by atoms with Crippen molar-refractivity contribution < 1.29 is 57.0 Å². The number of aromatic hydroxyl groups is 1. The monoisotopic (exact) mass is 910 g/mol. The Bertz CT molecular complexity index is 3410. The Labute approximate surface area is 346 Å². The number of anilines is 2. The molecule has 0 spiro atoms. The molecular weight excluding hydrogens is 881 g/mol. The Kier molecular flexibility index (Phi) is 10.7. The van der Waals surface area contributed by atoms with E-state index >= 15 is 0 Å². The van der Waals surface area contributed by atoms with Crippen LogP contribution in [-0.4, -0.2) is 57.0 Å². The van der Waals surface area contributed by atoms with E-state index in [1.165, 1.54) is 42.5 Å². The Morgan fingerprint density at radius 3 is 1.46 bits per heavy atom. The summed E-state index contributed by atoms with van der Waals surface area (Å²) in [4.78, 5) is -2.80. The summed E-state index contributed by atoms with van der Waals surface area (Å²) in [6, 6.07) is 16.2. The Morgan fingerprint density at radius 1 is 0.525 bits per heavy atom. The molecule has 1 aliphatic carbocycles. The van der Waals surface area contributed by atoms with Gasteiger partial charge in [-0.25, -0.2) is 0 Å². The highest BCUT2D eigenvalue weighted by Crippen LogP contribution is 2.52. The first-order valence-electron chi connectivity index (χ1n) is 17.3. The van der Waals surface area contributed by atoms with Crippen molar-refractivity contribution in [3.05, 3.63) is 90.0 Å². The maximum Gasteiger partial charge on any atom is 0.296 e. The molecule has 1 aliphatic rings. The number of rotatable bonds is 11. The molecule has 6 aromatic carbocycles. The first-order chi connectivity index (χ1) is 28.4. The fourth-order valence-corrected chi connectivity index (χ4v) is 8.86. The standard InChI is InChI=1S/C36H30N8O13S4/c1-17-10-23(41-44-35-30(61(55,56)57)14-20-12-25(59(49,50)51)16-27(38)32(20)36(35)45)8-9-28(17)42-39-21-4-6-22(7-5-21)40-43-34-29(60(52,53)54)13-19-11-24(58(46,47)48)15-26(37)31(19)33(34)18-2-3-18/h4-16,18,45H,2-3,37-38H2,1H3,(H,46,47,48)(H,49,50,51)(H,52,53,54)(H,55,56,57). The van der Waals surface area contributed by atoms with Crippen LogP contribution in [0.4, 0.5) is 45.5 Å². The SMILES string of the molecule is Cc1cc(N=Nc2c(S(=O)(=O)O)cc3cc(S(=O)(=O)O)cc(N)c3c2O)ccc1N=Nc1ccc(N=Nc2c(S(=O)(=O)O)cc3cc(S(=O)(=O)O)cc(N)c3c2C2CC2)cc1. The largest absolute Gasteiger partial charge is 0.505 e. The van der Waals surface area contributed by atoms with E-state index in [0.717, 1.165) is 36.4 Å². The van der Waals surface area contributed by atoms with Gasteiger partial charge in [0, 0.05) is 22.1 Å². The zero-order valence-corrected chi connectivity index (χ0v) is 34.2. The topological polar surface area (TPSA) is 364 Å².